The number of Topliss-reactive ketones (excluding diaryl/α,β-unsaturated/α-hetero) is 1. The highest BCUT2D eigenvalue weighted by atomic mass is 32.2. The molecule has 0 aliphatic heterocycles. The van der Waals surface area contributed by atoms with Crippen LogP contribution in [0.25, 0.3) is 0 Å². The van der Waals surface area contributed by atoms with Gasteiger partial charge in [0.25, 0.3) is 0 Å². The Kier molecular flexibility index (Phi) is 8.71. The molecule has 150 valence electrons. The fourth-order valence-corrected chi connectivity index (χ4v) is 3.40. The van der Waals surface area contributed by atoms with Gasteiger partial charge in [-0.25, -0.2) is 0 Å². The van der Waals surface area contributed by atoms with Gasteiger partial charge in [-0.3, -0.25) is 9.59 Å². The second kappa shape index (κ2) is 10.1. The largest absolute Gasteiger partial charge is 0.490 e. The summed E-state index contributed by atoms with van der Waals surface area (Å²) >= 11 is 6.18. The number of carbonyl (C=O) groups is 2. The molecule has 0 aliphatic carbocycles. The van der Waals surface area contributed by atoms with Crippen LogP contribution in [0, 0.1) is 0 Å². The van der Waals surface area contributed by atoms with E-state index in [1.807, 2.05) is 6.92 Å². The molecule has 1 aromatic carbocycles. The summed E-state index contributed by atoms with van der Waals surface area (Å²) in [4.78, 5) is 24.1. The van der Waals surface area contributed by atoms with Gasteiger partial charge in [-0.1, -0.05) is 11.8 Å². The van der Waals surface area contributed by atoms with E-state index in [9.17, 15) is 14.7 Å². The summed E-state index contributed by atoms with van der Waals surface area (Å²) in [6, 6.07) is 6.41. The van der Waals surface area contributed by atoms with Crippen molar-refractivity contribution in [2.24, 2.45) is 0 Å². The average molecular weight is 415 g/mol. The maximum atomic E-state index is 12.2. The molecule has 0 unspecified atom stereocenters. The van der Waals surface area contributed by atoms with Crippen LogP contribution in [0.3, 0.4) is 0 Å². The predicted molar refractivity (Wildman–Crippen MR) is 109 cm³/mol. The number of carbonyl (C=O) groups excluding carboxylic acids is 2. The molecule has 0 aromatic heterocycles. The van der Waals surface area contributed by atoms with Crippen LogP contribution in [0.2, 0.25) is 0 Å². The van der Waals surface area contributed by atoms with Crippen molar-refractivity contribution in [2.45, 2.75) is 45.0 Å². The standard InChI is InChI=1S/C19H26O6S2/c1-6-23-17(26)27-19(4,5)16(21)25-12-11-24-14-9-7-13(8-10-14)15(20)18(2,3)22/h7-10,22H,6,11-12H2,1-5H3. The zero-order valence-electron chi connectivity index (χ0n) is 16.2. The molecule has 1 N–H and O–H groups in total. The van der Waals surface area contributed by atoms with E-state index < -0.39 is 16.3 Å². The minimum atomic E-state index is -1.42. The molecule has 0 radical (unpaired) electrons. The van der Waals surface area contributed by atoms with E-state index in [1.165, 1.54) is 13.8 Å². The molecule has 0 bridgehead atoms. The van der Waals surface area contributed by atoms with E-state index in [-0.39, 0.29) is 19.0 Å². The highest BCUT2D eigenvalue weighted by Gasteiger charge is 2.32. The van der Waals surface area contributed by atoms with Crippen molar-refractivity contribution in [3.05, 3.63) is 29.8 Å². The maximum absolute atomic E-state index is 12.2. The third-order valence-corrected chi connectivity index (χ3v) is 4.68. The van der Waals surface area contributed by atoms with Crippen molar-refractivity contribution in [2.75, 3.05) is 19.8 Å². The topological polar surface area (TPSA) is 82.1 Å². The Morgan fingerprint density at radius 3 is 2.19 bits per heavy atom. The van der Waals surface area contributed by atoms with Gasteiger partial charge in [0.2, 0.25) is 4.38 Å². The molecule has 0 spiro atoms. The molecular weight excluding hydrogens is 388 g/mol. The first-order valence-electron chi connectivity index (χ1n) is 8.50. The summed E-state index contributed by atoms with van der Waals surface area (Å²) in [5.41, 5.74) is -1.03. The highest BCUT2D eigenvalue weighted by molar-refractivity contribution is 8.23. The fourth-order valence-electron chi connectivity index (χ4n) is 1.92. The molecule has 1 aromatic rings. The minimum absolute atomic E-state index is 0.0779. The van der Waals surface area contributed by atoms with Crippen molar-refractivity contribution in [1.29, 1.82) is 0 Å². The monoisotopic (exact) mass is 414 g/mol. The van der Waals surface area contributed by atoms with E-state index in [0.717, 1.165) is 11.8 Å². The van der Waals surface area contributed by atoms with Gasteiger partial charge in [0.15, 0.2) is 5.78 Å². The van der Waals surface area contributed by atoms with Gasteiger partial charge >= 0.3 is 5.97 Å². The number of esters is 1. The van der Waals surface area contributed by atoms with Gasteiger partial charge in [0.1, 0.15) is 29.3 Å². The van der Waals surface area contributed by atoms with Gasteiger partial charge in [0.05, 0.1) is 6.61 Å². The van der Waals surface area contributed by atoms with Crippen molar-refractivity contribution < 1.29 is 28.9 Å². The van der Waals surface area contributed by atoms with E-state index in [2.05, 4.69) is 0 Å². The predicted octanol–water partition coefficient (Wildman–Crippen LogP) is 3.40. The molecule has 27 heavy (non-hydrogen) atoms. The Balaban J connectivity index is 2.44. The zero-order valence-corrected chi connectivity index (χ0v) is 17.9. The summed E-state index contributed by atoms with van der Waals surface area (Å²) in [6.45, 7) is 8.82. The highest BCUT2D eigenvalue weighted by Crippen LogP contribution is 2.28. The molecule has 6 nitrogen and oxygen atoms in total. The van der Waals surface area contributed by atoms with Gasteiger partial charge < -0.3 is 19.3 Å². The molecule has 0 heterocycles. The third kappa shape index (κ3) is 7.86. The van der Waals surface area contributed by atoms with Crippen LogP contribution in [-0.2, 0) is 14.3 Å². The van der Waals surface area contributed by atoms with Crippen LogP contribution in [-0.4, -0.2) is 51.4 Å². The Labute approximate surface area is 169 Å². The molecule has 0 fully saturated rings. The minimum Gasteiger partial charge on any atom is -0.490 e. The number of hydrogen-bond donors (Lipinski definition) is 1. The van der Waals surface area contributed by atoms with Crippen LogP contribution in [0.15, 0.2) is 24.3 Å². The van der Waals surface area contributed by atoms with Gasteiger partial charge in [-0.15, -0.1) is 0 Å². The van der Waals surface area contributed by atoms with Crippen LogP contribution >= 0.6 is 24.0 Å². The smallest absolute Gasteiger partial charge is 0.322 e. The lowest BCUT2D eigenvalue weighted by Crippen LogP contribution is -2.32. The number of thiocarbonyl (C=S) groups is 1. The Morgan fingerprint density at radius 2 is 1.67 bits per heavy atom. The fraction of sp³-hybridized carbons (Fsp3) is 0.526. The van der Waals surface area contributed by atoms with E-state index in [0.29, 0.717) is 22.3 Å². The van der Waals surface area contributed by atoms with E-state index >= 15 is 0 Å². The van der Waals surface area contributed by atoms with Crippen molar-refractivity contribution in [3.8, 4) is 5.75 Å². The number of thioether (sulfide) groups is 1. The quantitative estimate of drug-likeness (QED) is 0.285. The first-order valence-corrected chi connectivity index (χ1v) is 9.73. The Morgan fingerprint density at radius 1 is 1.07 bits per heavy atom. The van der Waals surface area contributed by atoms with Gasteiger partial charge in [-0.2, -0.15) is 0 Å². The van der Waals surface area contributed by atoms with E-state index in [1.54, 1.807) is 38.1 Å². The number of hydrogen-bond acceptors (Lipinski definition) is 8. The van der Waals surface area contributed by atoms with Crippen molar-refractivity contribution >= 4 is 40.1 Å². The maximum Gasteiger partial charge on any atom is 0.322 e. The Hall–Kier alpha value is -1.64. The van der Waals surface area contributed by atoms with Crippen LogP contribution in [0.4, 0.5) is 0 Å². The van der Waals surface area contributed by atoms with Crippen molar-refractivity contribution in [1.82, 2.24) is 0 Å². The molecule has 0 amide bonds. The number of benzene rings is 1. The van der Waals surface area contributed by atoms with Gasteiger partial charge in [-0.05, 0) is 71.1 Å². The molecule has 8 heteroatoms. The lowest BCUT2D eigenvalue weighted by Gasteiger charge is -2.21. The molecule has 0 aliphatic rings. The second-order valence-electron chi connectivity index (χ2n) is 6.69. The molecule has 0 saturated heterocycles. The Bertz CT molecular complexity index is 662. The zero-order chi connectivity index (χ0) is 20.7. The average Bonchev–Trinajstić information content (AvgIpc) is 2.57. The van der Waals surface area contributed by atoms with Crippen LogP contribution in [0.1, 0.15) is 45.0 Å². The van der Waals surface area contributed by atoms with Crippen LogP contribution in [0.5, 0.6) is 5.75 Å². The normalized spacial score (nSPS) is 11.6. The second-order valence-corrected chi connectivity index (χ2v) is 8.92. The van der Waals surface area contributed by atoms with E-state index in [4.69, 9.17) is 26.4 Å². The number of ketones is 1. The number of ether oxygens (including phenoxy) is 3. The van der Waals surface area contributed by atoms with Crippen LogP contribution < -0.4 is 4.74 Å². The summed E-state index contributed by atoms with van der Waals surface area (Å²) in [5.74, 6) is -0.249. The summed E-state index contributed by atoms with van der Waals surface area (Å²) < 4.78 is 15.4. The SMILES string of the molecule is CCOC(=S)SC(C)(C)C(=O)OCCOc1ccc(C(=O)C(C)(C)O)cc1. The molecule has 0 atom stereocenters. The lowest BCUT2D eigenvalue weighted by atomic mass is 9.97. The lowest BCUT2D eigenvalue weighted by molar-refractivity contribution is -0.146. The van der Waals surface area contributed by atoms with Crippen molar-refractivity contribution in [3.63, 3.8) is 0 Å². The first-order chi connectivity index (χ1) is 12.5. The summed E-state index contributed by atoms with van der Waals surface area (Å²) in [5, 5.41) is 9.74. The number of rotatable bonds is 9. The van der Waals surface area contributed by atoms with Gasteiger partial charge in [0, 0.05) is 5.56 Å². The summed E-state index contributed by atoms with van der Waals surface area (Å²) in [6.07, 6.45) is 0. The first kappa shape index (κ1) is 23.4. The molecule has 1 rings (SSSR count). The summed E-state index contributed by atoms with van der Waals surface area (Å²) in [7, 11) is 0. The molecular formula is C19H26O6S2. The molecule has 0 saturated carbocycles. The third-order valence-electron chi connectivity index (χ3n) is 3.35. The number of aliphatic hydroxyl groups is 1.